The SMILES string of the molecule is CCCCCCCCCCCCCCCCCC(=O)NS(=O)CCCCCC(=O)NCCCCON. The number of carbonyl (C=O) groups excluding carboxylic acids is 2. The molecule has 0 aromatic rings. The zero-order valence-electron chi connectivity index (χ0n) is 23.3. The van der Waals surface area contributed by atoms with E-state index in [0.717, 1.165) is 44.9 Å². The summed E-state index contributed by atoms with van der Waals surface area (Å²) in [4.78, 5) is 28.2. The van der Waals surface area contributed by atoms with Crippen LogP contribution in [-0.4, -0.2) is 34.9 Å². The first-order valence-corrected chi connectivity index (χ1v) is 16.2. The van der Waals surface area contributed by atoms with Crippen LogP contribution in [0.3, 0.4) is 0 Å². The Kier molecular flexibility index (Phi) is 27.8. The minimum absolute atomic E-state index is 0.0431. The van der Waals surface area contributed by atoms with Crippen molar-refractivity contribution in [2.24, 2.45) is 5.90 Å². The molecule has 0 bridgehead atoms. The molecule has 0 radical (unpaired) electrons. The molecule has 36 heavy (non-hydrogen) atoms. The molecule has 0 aliphatic heterocycles. The van der Waals surface area contributed by atoms with Crippen molar-refractivity contribution in [2.75, 3.05) is 18.9 Å². The van der Waals surface area contributed by atoms with E-state index in [9.17, 15) is 13.8 Å². The Bertz CT molecular complexity index is 535. The van der Waals surface area contributed by atoms with Crippen LogP contribution in [-0.2, 0) is 25.4 Å². The third-order valence-electron chi connectivity index (χ3n) is 6.48. The van der Waals surface area contributed by atoms with E-state index in [2.05, 4.69) is 21.8 Å². The Morgan fingerprint density at radius 1 is 0.639 bits per heavy atom. The second kappa shape index (κ2) is 28.6. The van der Waals surface area contributed by atoms with Gasteiger partial charge in [-0.3, -0.25) is 14.3 Å². The van der Waals surface area contributed by atoms with Gasteiger partial charge >= 0.3 is 0 Å². The molecule has 0 fully saturated rings. The van der Waals surface area contributed by atoms with E-state index < -0.39 is 11.0 Å². The lowest BCUT2D eigenvalue weighted by Crippen LogP contribution is -2.27. The molecule has 4 N–H and O–H groups in total. The maximum atomic E-state index is 12.0. The maximum absolute atomic E-state index is 12.0. The van der Waals surface area contributed by atoms with Gasteiger partial charge in [-0.2, -0.15) is 0 Å². The highest BCUT2D eigenvalue weighted by Gasteiger charge is 2.07. The van der Waals surface area contributed by atoms with E-state index in [1.807, 2.05) is 0 Å². The lowest BCUT2D eigenvalue weighted by Gasteiger charge is -2.06. The first-order valence-electron chi connectivity index (χ1n) is 14.9. The Hall–Kier alpha value is -0.990. The van der Waals surface area contributed by atoms with Crippen LogP contribution in [0.2, 0.25) is 0 Å². The molecule has 0 aromatic carbocycles. The van der Waals surface area contributed by atoms with Gasteiger partial charge in [-0.15, -0.1) is 0 Å². The van der Waals surface area contributed by atoms with E-state index in [1.165, 1.54) is 83.5 Å². The standard InChI is InChI=1S/C28H57N3O4S/c1-2-3-4-5-6-7-8-9-10-11-12-13-14-15-17-23-28(33)31-36(34)26-21-16-18-22-27(32)30-24-19-20-25-35-29/h2-26,29H2,1H3,(H,30,32)(H,31,33). The van der Waals surface area contributed by atoms with Gasteiger partial charge in [-0.1, -0.05) is 103 Å². The fraction of sp³-hybridized carbons (Fsp3) is 0.929. The summed E-state index contributed by atoms with van der Waals surface area (Å²) in [7, 11) is -1.31. The van der Waals surface area contributed by atoms with Crippen LogP contribution >= 0.6 is 0 Å². The molecule has 0 saturated carbocycles. The zero-order chi connectivity index (χ0) is 26.5. The van der Waals surface area contributed by atoms with Crippen molar-refractivity contribution in [2.45, 2.75) is 148 Å². The topological polar surface area (TPSA) is 111 Å². The molecule has 0 aromatic heterocycles. The summed E-state index contributed by atoms with van der Waals surface area (Å²) in [6.45, 7) is 3.41. The Morgan fingerprint density at radius 2 is 1.11 bits per heavy atom. The highest BCUT2D eigenvalue weighted by molar-refractivity contribution is 7.83. The highest BCUT2D eigenvalue weighted by atomic mass is 32.2. The van der Waals surface area contributed by atoms with E-state index in [4.69, 9.17) is 5.90 Å². The summed E-state index contributed by atoms with van der Waals surface area (Å²) in [5.41, 5.74) is 0. The minimum atomic E-state index is -1.31. The average molecular weight is 532 g/mol. The summed E-state index contributed by atoms with van der Waals surface area (Å²) in [6.07, 6.45) is 24.5. The fourth-order valence-corrected chi connectivity index (χ4v) is 5.13. The van der Waals surface area contributed by atoms with Crippen molar-refractivity contribution >= 4 is 22.8 Å². The molecular formula is C28H57N3O4S. The number of hydrogen-bond donors (Lipinski definition) is 3. The summed E-state index contributed by atoms with van der Waals surface area (Å²) in [5.74, 6) is 5.33. The summed E-state index contributed by atoms with van der Waals surface area (Å²) < 4.78 is 14.6. The van der Waals surface area contributed by atoms with Gasteiger partial charge < -0.3 is 10.2 Å². The molecule has 0 heterocycles. The zero-order valence-corrected chi connectivity index (χ0v) is 24.1. The largest absolute Gasteiger partial charge is 0.356 e. The van der Waals surface area contributed by atoms with Gasteiger partial charge in [-0.05, 0) is 32.1 Å². The van der Waals surface area contributed by atoms with Crippen LogP contribution < -0.4 is 15.9 Å². The smallest absolute Gasteiger partial charge is 0.231 e. The van der Waals surface area contributed by atoms with Crippen molar-refractivity contribution in [3.63, 3.8) is 0 Å². The minimum Gasteiger partial charge on any atom is -0.356 e. The monoisotopic (exact) mass is 531 g/mol. The predicted octanol–water partition coefficient (Wildman–Crippen LogP) is 6.37. The number of rotatable bonds is 28. The number of nitrogens with one attached hydrogen (secondary N) is 2. The Balaban J connectivity index is 3.37. The van der Waals surface area contributed by atoms with E-state index >= 15 is 0 Å². The van der Waals surface area contributed by atoms with Gasteiger partial charge in [0.25, 0.3) is 0 Å². The average Bonchev–Trinajstić information content (AvgIpc) is 2.86. The van der Waals surface area contributed by atoms with Crippen molar-refractivity contribution < 1.29 is 18.6 Å². The van der Waals surface area contributed by atoms with Crippen molar-refractivity contribution in [3.05, 3.63) is 0 Å². The van der Waals surface area contributed by atoms with Gasteiger partial charge in [0.05, 0.1) is 6.61 Å². The summed E-state index contributed by atoms with van der Waals surface area (Å²) >= 11 is 0. The van der Waals surface area contributed by atoms with Gasteiger partial charge in [0.2, 0.25) is 11.8 Å². The molecule has 0 saturated heterocycles. The highest BCUT2D eigenvalue weighted by Crippen LogP contribution is 2.13. The number of carbonyl (C=O) groups is 2. The molecule has 0 rings (SSSR count). The molecular weight excluding hydrogens is 474 g/mol. The number of unbranched alkanes of at least 4 members (excludes halogenated alkanes) is 17. The summed E-state index contributed by atoms with van der Waals surface area (Å²) in [6, 6.07) is 0. The van der Waals surface area contributed by atoms with Gasteiger partial charge in [0.1, 0.15) is 11.0 Å². The predicted molar refractivity (Wildman–Crippen MR) is 152 cm³/mol. The van der Waals surface area contributed by atoms with Gasteiger partial charge in [-0.25, -0.2) is 10.1 Å². The van der Waals surface area contributed by atoms with Crippen LogP contribution in [0.15, 0.2) is 0 Å². The molecule has 1 atom stereocenters. The van der Waals surface area contributed by atoms with Gasteiger partial charge in [0, 0.05) is 25.1 Å². The molecule has 2 amide bonds. The lowest BCUT2D eigenvalue weighted by molar-refractivity contribution is -0.121. The second-order valence-corrected chi connectivity index (χ2v) is 11.3. The van der Waals surface area contributed by atoms with Crippen LogP contribution in [0.1, 0.15) is 148 Å². The lowest BCUT2D eigenvalue weighted by atomic mass is 10.0. The quantitative estimate of drug-likeness (QED) is 0.0802. The number of nitrogens with two attached hydrogens (primary N) is 1. The molecule has 0 aliphatic carbocycles. The van der Waals surface area contributed by atoms with E-state index in [-0.39, 0.29) is 11.8 Å². The first kappa shape index (κ1) is 35.0. The summed E-state index contributed by atoms with van der Waals surface area (Å²) in [5, 5.41) is 2.87. The second-order valence-electron chi connectivity index (χ2n) is 10.0. The Labute approximate surface area is 224 Å². The van der Waals surface area contributed by atoms with E-state index in [0.29, 0.717) is 31.7 Å². The molecule has 214 valence electrons. The van der Waals surface area contributed by atoms with Crippen molar-refractivity contribution in [1.82, 2.24) is 10.0 Å². The molecule has 8 heteroatoms. The Morgan fingerprint density at radius 3 is 1.64 bits per heavy atom. The van der Waals surface area contributed by atoms with Crippen LogP contribution in [0.5, 0.6) is 0 Å². The third kappa shape index (κ3) is 27.6. The molecule has 1 unspecified atom stereocenters. The maximum Gasteiger partial charge on any atom is 0.231 e. The first-order chi connectivity index (χ1) is 17.6. The third-order valence-corrected chi connectivity index (χ3v) is 7.59. The van der Waals surface area contributed by atoms with Crippen LogP contribution in [0.25, 0.3) is 0 Å². The van der Waals surface area contributed by atoms with E-state index in [1.54, 1.807) is 0 Å². The molecule has 0 spiro atoms. The van der Waals surface area contributed by atoms with Crippen LogP contribution in [0, 0.1) is 0 Å². The van der Waals surface area contributed by atoms with Crippen LogP contribution in [0.4, 0.5) is 0 Å². The normalized spacial score (nSPS) is 11.9. The molecule has 7 nitrogen and oxygen atoms in total. The number of hydrogen-bond acceptors (Lipinski definition) is 5. The van der Waals surface area contributed by atoms with Gasteiger partial charge in [0.15, 0.2) is 0 Å². The van der Waals surface area contributed by atoms with Crippen molar-refractivity contribution in [1.29, 1.82) is 0 Å². The number of amides is 2. The fourth-order valence-electron chi connectivity index (χ4n) is 4.21. The molecule has 0 aliphatic rings. The van der Waals surface area contributed by atoms with Crippen molar-refractivity contribution in [3.8, 4) is 0 Å².